The van der Waals surface area contributed by atoms with Crippen LogP contribution in [0, 0.1) is 5.82 Å². The van der Waals surface area contributed by atoms with Gasteiger partial charge in [-0.2, -0.15) is 0 Å². The molecule has 1 aromatic heterocycles. The van der Waals surface area contributed by atoms with Crippen molar-refractivity contribution in [2.24, 2.45) is 0 Å². The molecule has 1 N–H and O–H groups in total. The fourth-order valence-electron chi connectivity index (χ4n) is 1.75. The summed E-state index contributed by atoms with van der Waals surface area (Å²) in [7, 11) is 1.83. The van der Waals surface area contributed by atoms with Crippen molar-refractivity contribution in [3.63, 3.8) is 0 Å². The molecule has 1 aromatic carbocycles. The van der Waals surface area contributed by atoms with E-state index >= 15 is 0 Å². The Morgan fingerprint density at radius 2 is 2.16 bits per heavy atom. The van der Waals surface area contributed by atoms with Crippen LogP contribution in [0.15, 0.2) is 30.5 Å². The lowest BCUT2D eigenvalue weighted by Gasteiger charge is -2.16. The first-order valence-corrected chi connectivity index (χ1v) is 7.17. The molecule has 2 aromatic rings. The van der Waals surface area contributed by atoms with Crippen LogP contribution >= 0.6 is 11.3 Å². The Hall–Kier alpha value is -1.46. The van der Waals surface area contributed by atoms with Gasteiger partial charge in [-0.15, -0.1) is 11.3 Å². The highest BCUT2D eigenvalue weighted by Crippen LogP contribution is 2.29. The van der Waals surface area contributed by atoms with Gasteiger partial charge in [0.05, 0.1) is 5.69 Å². The number of benzene rings is 1. The molecule has 5 heteroatoms. The fourth-order valence-corrected chi connectivity index (χ4v) is 2.60. The minimum Gasteiger partial charge on any atom is -0.318 e. The van der Waals surface area contributed by atoms with Gasteiger partial charge >= 0.3 is 0 Å². The second-order valence-electron chi connectivity index (χ2n) is 4.30. The lowest BCUT2D eigenvalue weighted by atomic mass is 10.3. The van der Waals surface area contributed by atoms with Crippen LogP contribution in [0.3, 0.4) is 0 Å². The zero-order chi connectivity index (χ0) is 13.7. The van der Waals surface area contributed by atoms with Crippen LogP contribution < -0.4 is 10.2 Å². The highest BCUT2D eigenvalue weighted by molar-refractivity contribution is 7.15. The summed E-state index contributed by atoms with van der Waals surface area (Å²) in [5, 5.41) is 4.14. The Kier molecular flexibility index (Phi) is 4.87. The van der Waals surface area contributed by atoms with E-state index in [4.69, 9.17) is 0 Å². The maximum atomic E-state index is 13.7. The summed E-state index contributed by atoms with van der Waals surface area (Å²) in [6.45, 7) is 3.95. The number of thiazole rings is 1. The van der Waals surface area contributed by atoms with Crippen LogP contribution in [0.4, 0.5) is 15.2 Å². The number of hydrogen-bond acceptors (Lipinski definition) is 4. The fraction of sp³-hybridized carbons (Fsp3) is 0.357. The van der Waals surface area contributed by atoms with E-state index < -0.39 is 0 Å². The first-order chi connectivity index (χ1) is 9.22. The van der Waals surface area contributed by atoms with E-state index in [2.05, 4.69) is 17.2 Å². The summed E-state index contributed by atoms with van der Waals surface area (Å²) in [6.07, 6.45) is 2.96. The minimum atomic E-state index is -0.231. The van der Waals surface area contributed by atoms with Crippen molar-refractivity contribution in [2.75, 3.05) is 18.5 Å². The Morgan fingerprint density at radius 3 is 2.89 bits per heavy atom. The molecule has 0 bridgehead atoms. The van der Waals surface area contributed by atoms with E-state index in [-0.39, 0.29) is 5.82 Å². The Balaban J connectivity index is 2.08. The highest BCUT2D eigenvalue weighted by atomic mass is 32.1. The lowest BCUT2D eigenvalue weighted by molar-refractivity contribution is 0.627. The Morgan fingerprint density at radius 1 is 1.37 bits per heavy atom. The molecule has 2 rings (SSSR count). The molecule has 0 amide bonds. The standard InChI is InChI=1S/C14H18FN3S/c1-3-8-16-9-11-10-17-14(19-11)18(2)13-7-5-4-6-12(13)15/h4-7,10,16H,3,8-9H2,1-2H3. The number of rotatable bonds is 6. The Bertz CT molecular complexity index is 527. The SMILES string of the molecule is CCCNCc1cnc(N(C)c2ccccc2F)s1. The molecule has 0 spiro atoms. The average molecular weight is 279 g/mol. The Labute approximate surface area is 117 Å². The smallest absolute Gasteiger partial charge is 0.189 e. The molecule has 0 saturated carbocycles. The van der Waals surface area contributed by atoms with Crippen molar-refractivity contribution in [1.29, 1.82) is 0 Å². The molecule has 0 unspecified atom stereocenters. The molecule has 102 valence electrons. The molecule has 0 aliphatic rings. The summed E-state index contributed by atoms with van der Waals surface area (Å²) in [5.41, 5.74) is 0.546. The van der Waals surface area contributed by atoms with Gasteiger partial charge in [0, 0.05) is 24.7 Å². The van der Waals surface area contributed by atoms with Crippen LogP contribution in [0.1, 0.15) is 18.2 Å². The van der Waals surface area contributed by atoms with Crippen molar-refractivity contribution in [2.45, 2.75) is 19.9 Å². The summed E-state index contributed by atoms with van der Waals surface area (Å²) >= 11 is 1.58. The minimum absolute atomic E-state index is 0.231. The van der Waals surface area contributed by atoms with Gasteiger partial charge in [0.1, 0.15) is 5.82 Å². The first kappa shape index (κ1) is 14.0. The van der Waals surface area contributed by atoms with Gasteiger partial charge in [0.15, 0.2) is 5.13 Å². The second kappa shape index (κ2) is 6.63. The van der Waals surface area contributed by atoms with Crippen molar-refractivity contribution in [3.05, 3.63) is 41.2 Å². The molecule has 0 aliphatic carbocycles. The summed E-state index contributed by atoms with van der Waals surface area (Å²) in [6, 6.07) is 6.73. The molecule has 0 saturated heterocycles. The molecule has 1 heterocycles. The van der Waals surface area contributed by atoms with E-state index in [0.717, 1.165) is 29.5 Å². The normalized spacial score (nSPS) is 10.7. The van der Waals surface area contributed by atoms with Gasteiger partial charge in [-0.05, 0) is 25.1 Å². The van der Waals surface area contributed by atoms with Crippen molar-refractivity contribution in [3.8, 4) is 0 Å². The van der Waals surface area contributed by atoms with Crippen LogP contribution in [0.5, 0.6) is 0 Å². The molecule has 3 nitrogen and oxygen atoms in total. The largest absolute Gasteiger partial charge is 0.318 e. The van der Waals surface area contributed by atoms with E-state index in [1.807, 2.05) is 19.3 Å². The van der Waals surface area contributed by atoms with Crippen molar-refractivity contribution < 1.29 is 4.39 Å². The van der Waals surface area contributed by atoms with E-state index in [1.54, 1.807) is 28.4 Å². The summed E-state index contributed by atoms with van der Waals surface area (Å²) in [5.74, 6) is -0.231. The summed E-state index contributed by atoms with van der Waals surface area (Å²) < 4.78 is 13.7. The number of para-hydroxylation sites is 1. The van der Waals surface area contributed by atoms with Crippen molar-refractivity contribution >= 4 is 22.2 Å². The van der Waals surface area contributed by atoms with E-state index in [1.165, 1.54) is 6.07 Å². The van der Waals surface area contributed by atoms with Crippen molar-refractivity contribution in [1.82, 2.24) is 10.3 Å². The molecule has 0 aliphatic heterocycles. The van der Waals surface area contributed by atoms with Crippen LogP contribution in [-0.2, 0) is 6.54 Å². The number of halogens is 1. The number of anilines is 2. The maximum Gasteiger partial charge on any atom is 0.189 e. The van der Waals surface area contributed by atoms with Gasteiger partial charge < -0.3 is 10.2 Å². The topological polar surface area (TPSA) is 28.2 Å². The predicted octanol–water partition coefficient (Wildman–Crippen LogP) is 3.55. The third-order valence-electron chi connectivity index (χ3n) is 2.77. The second-order valence-corrected chi connectivity index (χ2v) is 5.39. The predicted molar refractivity (Wildman–Crippen MR) is 78.6 cm³/mol. The van der Waals surface area contributed by atoms with Crippen LogP contribution in [-0.4, -0.2) is 18.6 Å². The first-order valence-electron chi connectivity index (χ1n) is 6.36. The van der Waals surface area contributed by atoms with Gasteiger partial charge in [-0.1, -0.05) is 19.1 Å². The van der Waals surface area contributed by atoms with Gasteiger partial charge in [-0.25, -0.2) is 9.37 Å². The quantitative estimate of drug-likeness (QED) is 0.820. The van der Waals surface area contributed by atoms with Gasteiger partial charge in [-0.3, -0.25) is 0 Å². The lowest BCUT2D eigenvalue weighted by Crippen LogP contribution is -2.12. The maximum absolute atomic E-state index is 13.7. The molecular weight excluding hydrogens is 261 g/mol. The highest BCUT2D eigenvalue weighted by Gasteiger charge is 2.12. The van der Waals surface area contributed by atoms with E-state index in [9.17, 15) is 4.39 Å². The number of aromatic nitrogens is 1. The number of nitrogens with zero attached hydrogens (tertiary/aromatic N) is 2. The van der Waals surface area contributed by atoms with Gasteiger partial charge in [0.25, 0.3) is 0 Å². The number of hydrogen-bond donors (Lipinski definition) is 1. The molecule has 0 radical (unpaired) electrons. The zero-order valence-electron chi connectivity index (χ0n) is 11.2. The average Bonchev–Trinajstić information content (AvgIpc) is 2.88. The molecule has 0 atom stereocenters. The van der Waals surface area contributed by atoms with Crippen LogP contribution in [0.25, 0.3) is 0 Å². The third-order valence-corrected chi connectivity index (χ3v) is 3.84. The monoisotopic (exact) mass is 279 g/mol. The molecule has 0 fully saturated rings. The van der Waals surface area contributed by atoms with Gasteiger partial charge in [0.2, 0.25) is 0 Å². The van der Waals surface area contributed by atoms with E-state index in [0.29, 0.717) is 5.69 Å². The molecule has 19 heavy (non-hydrogen) atoms. The summed E-state index contributed by atoms with van der Waals surface area (Å²) in [4.78, 5) is 7.29. The third kappa shape index (κ3) is 3.52. The van der Waals surface area contributed by atoms with Crippen LogP contribution in [0.2, 0.25) is 0 Å². The number of nitrogens with one attached hydrogen (secondary N) is 1. The zero-order valence-corrected chi connectivity index (χ0v) is 12.0. The molecular formula is C14H18FN3S.